The molecule has 0 heterocycles. The zero-order valence-electron chi connectivity index (χ0n) is 12.5. The van der Waals surface area contributed by atoms with E-state index in [0.717, 1.165) is 18.5 Å². The van der Waals surface area contributed by atoms with Crippen molar-refractivity contribution in [2.75, 3.05) is 39.8 Å². The summed E-state index contributed by atoms with van der Waals surface area (Å²) in [6, 6.07) is 0. The van der Waals surface area contributed by atoms with Crippen LogP contribution in [0.4, 0.5) is 0 Å². The van der Waals surface area contributed by atoms with E-state index in [-0.39, 0.29) is 0 Å². The van der Waals surface area contributed by atoms with E-state index in [1.165, 1.54) is 0 Å². The maximum Gasteiger partial charge on any atom is 0.920 e. The van der Waals surface area contributed by atoms with E-state index >= 15 is 0 Å². The molecule has 0 saturated carbocycles. The lowest BCUT2D eigenvalue weighted by atomic mass is 11.0. The molecule has 114 valence electrons. The molecule has 0 aromatic carbocycles. The smallest absolute Gasteiger partial charge is 0.411 e. The fourth-order valence-corrected chi connectivity index (χ4v) is 8.49. The monoisotopic (exact) mass is 348 g/mol. The topological polar surface area (TPSA) is 55.4 Å². The third-order valence-electron chi connectivity index (χ3n) is 2.00. The van der Waals surface area contributed by atoms with Gasteiger partial charge < -0.3 is 24.3 Å². The molecule has 0 aliphatic heterocycles. The van der Waals surface area contributed by atoms with Crippen molar-refractivity contribution in [3.05, 3.63) is 0 Å². The average Bonchev–Trinajstić information content (AvgIpc) is 2.46. The van der Waals surface area contributed by atoms with Gasteiger partial charge in [0.05, 0.1) is 0 Å². The highest BCUT2D eigenvalue weighted by Gasteiger charge is 2.40. The van der Waals surface area contributed by atoms with Crippen molar-refractivity contribution in [2.45, 2.75) is 20.8 Å². The van der Waals surface area contributed by atoms with Crippen LogP contribution in [0.3, 0.4) is 0 Å². The summed E-state index contributed by atoms with van der Waals surface area (Å²) in [5, 5.41) is 0. The Balaban J connectivity index is 4.51. The second-order valence-electron chi connectivity index (χ2n) is 3.10. The van der Waals surface area contributed by atoms with Crippen molar-refractivity contribution in [3.8, 4) is 0 Å². The number of hydrogen-bond acceptors (Lipinski definition) is 6. The standard InChI is InChI=1S/3C3H8O2P.Al/c3*1-3-6(4)5-2;/h3*3H2,1-2H3;/q3*-1;+3. The molecular formula is C9H24AlO6P3. The van der Waals surface area contributed by atoms with Gasteiger partial charge in [-0.1, -0.05) is 20.8 Å². The molecule has 6 nitrogen and oxygen atoms in total. The van der Waals surface area contributed by atoms with Crippen LogP contribution in [0, 0.1) is 0 Å². The molecule has 0 aromatic heterocycles. The zero-order chi connectivity index (χ0) is 14.7. The van der Waals surface area contributed by atoms with Crippen LogP contribution in [0.2, 0.25) is 0 Å². The molecule has 0 saturated heterocycles. The third kappa shape index (κ3) is 9.25. The summed E-state index contributed by atoms with van der Waals surface area (Å²) in [4.78, 5) is 0. The lowest BCUT2D eigenvalue weighted by Crippen LogP contribution is -2.23. The molecule has 0 spiro atoms. The first-order valence-electron chi connectivity index (χ1n) is 6.10. The average molecular weight is 348 g/mol. The minimum Gasteiger partial charge on any atom is -0.411 e. The molecule has 0 bridgehead atoms. The van der Waals surface area contributed by atoms with Crippen LogP contribution < -0.4 is 0 Å². The van der Waals surface area contributed by atoms with E-state index in [2.05, 4.69) is 0 Å². The summed E-state index contributed by atoms with van der Waals surface area (Å²) in [5.74, 6) is 0. The van der Waals surface area contributed by atoms with Gasteiger partial charge in [0, 0.05) is 39.8 Å². The molecule has 0 N–H and O–H groups in total. The molecule has 19 heavy (non-hydrogen) atoms. The highest BCUT2D eigenvalue weighted by atomic mass is 31.2. The van der Waals surface area contributed by atoms with Crippen LogP contribution in [0.5, 0.6) is 0 Å². The Morgan fingerprint density at radius 3 is 1.05 bits per heavy atom. The molecule has 10 heteroatoms. The molecule has 0 rings (SSSR count). The first-order chi connectivity index (χ1) is 9.14. The zero-order valence-corrected chi connectivity index (χ0v) is 16.3. The lowest BCUT2D eigenvalue weighted by molar-refractivity contribution is 0.272. The van der Waals surface area contributed by atoms with E-state index < -0.39 is 40.3 Å². The van der Waals surface area contributed by atoms with Gasteiger partial charge in [-0.15, -0.1) is 0 Å². The summed E-state index contributed by atoms with van der Waals surface area (Å²) < 4.78 is 33.3. The molecule has 3 unspecified atom stereocenters. The first kappa shape index (κ1) is 20.6. The van der Waals surface area contributed by atoms with E-state index in [4.69, 9.17) is 24.3 Å². The highest BCUT2D eigenvalue weighted by Crippen LogP contribution is 2.47. The molecule has 0 radical (unpaired) electrons. The van der Waals surface area contributed by atoms with Crippen molar-refractivity contribution in [1.82, 2.24) is 0 Å². The summed E-state index contributed by atoms with van der Waals surface area (Å²) in [5.41, 5.74) is 0. The van der Waals surface area contributed by atoms with Crippen LogP contribution in [0.1, 0.15) is 20.8 Å². The Morgan fingerprint density at radius 2 is 0.895 bits per heavy atom. The Morgan fingerprint density at radius 1 is 0.632 bits per heavy atom. The minimum atomic E-state index is -2.30. The summed E-state index contributed by atoms with van der Waals surface area (Å²) in [6.07, 6.45) is 2.41. The van der Waals surface area contributed by atoms with Gasteiger partial charge in [-0.05, 0) is 0 Å². The second kappa shape index (κ2) is 13.3. The van der Waals surface area contributed by atoms with Crippen molar-refractivity contribution >= 4 is 40.3 Å². The van der Waals surface area contributed by atoms with Gasteiger partial charge in [-0.2, -0.15) is 0 Å². The van der Waals surface area contributed by atoms with Crippen LogP contribution in [0.15, 0.2) is 0 Å². The van der Waals surface area contributed by atoms with Crippen molar-refractivity contribution in [3.63, 3.8) is 0 Å². The van der Waals surface area contributed by atoms with Crippen LogP contribution in [-0.2, 0) is 24.3 Å². The summed E-state index contributed by atoms with van der Waals surface area (Å²) in [6.45, 7) is 6.04. The predicted molar refractivity (Wildman–Crippen MR) is 82.4 cm³/mol. The summed E-state index contributed by atoms with van der Waals surface area (Å²) in [7, 11) is 2.05. The van der Waals surface area contributed by atoms with Crippen LogP contribution in [0.25, 0.3) is 0 Å². The fraction of sp³-hybridized carbons (Fsp3) is 1.00. The van der Waals surface area contributed by atoms with Gasteiger partial charge in [0.25, 0.3) is 0 Å². The van der Waals surface area contributed by atoms with E-state index in [1.807, 2.05) is 20.8 Å². The van der Waals surface area contributed by atoms with Gasteiger partial charge >= 0.3 is 15.1 Å². The van der Waals surface area contributed by atoms with Crippen LogP contribution in [-0.4, -0.2) is 55.0 Å². The predicted octanol–water partition coefficient (Wildman–Crippen LogP) is 3.96. The molecule has 0 aliphatic rings. The molecule has 0 aromatic rings. The van der Waals surface area contributed by atoms with Crippen LogP contribution >= 0.6 is 25.1 Å². The SMILES string of the molecule is CCP(OC)[O][Al]([O]P(CC)OC)[O]P(CC)OC. The first-order valence-corrected chi connectivity index (χ1v) is 11.6. The largest absolute Gasteiger partial charge is 0.920 e. The highest BCUT2D eigenvalue weighted by molar-refractivity contribution is 7.52. The Kier molecular flexibility index (Phi) is 14.4. The Labute approximate surface area is 125 Å². The van der Waals surface area contributed by atoms with Gasteiger partial charge in [-0.25, -0.2) is 0 Å². The summed E-state index contributed by atoms with van der Waals surface area (Å²) >= 11 is -2.30. The quantitative estimate of drug-likeness (QED) is 0.393. The number of hydrogen-bond donors (Lipinski definition) is 0. The normalized spacial score (nSPS) is 16.1. The van der Waals surface area contributed by atoms with Gasteiger partial charge in [-0.3, -0.25) is 0 Å². The molecule has 0 aliphatic carbocycles. The minimum absolute atomic E-state index is 0.802. The fourth-order valence-electron chi connectivity index (χ4n) is 1.09. The van der Waals surface area contributed by atoms with E-state index in [1.54, 1.807) is 21.3 Å². The lowest BCUT2D eigenvalue weighted by Gasteiger charge is -2.24. The van der Waals surface area contributed by atoms with Gasteiger partial charge in [0.2, 0.25) is 0 Å². The molecule has 0 amide bonds. The van der Waals surface area contributed by atoms with Gasteiger partial charge in [0.1, 0.15) is 25.1 Å². The Bertz CT molecular complexity index is 171. The number of rotatable bonds is 12. The van der Waals surface area contributed by atoms with Crippen molar-refractivity contribution in [2.24, 2.45) is 0 Å². The van der Waals surface area contributed by atoms with Gasteiger partial charge in [0.15, 0.2) is 0 Å². The Hall–Kier alpha value is 1.58. The second-order valence-corrected chi connectivity index (χ2v) is 11.2. The molecule has 0 fully saturated rings. The molecular weight excluding hydrogens is 324 g/mol. The van der Waals surface area contributed by atoms with Crippen molar-refractivity contribution in [1.29, 1.82) is 0 Å². The maximum absolute atomic E-state index is 5.83. The van der Waals surface area contributed by atoms with Crippen molar-refractivity contribution < 1.29 is 24.3 Å². The third-order valence-corrected chi connectivity index (χ3v) is 9.65. The molecule has 3 atom stereocenters. The van der Waals surface area contributed by atoms with E-state index in [9.17, 15) is 0 Å². The van der Waals surface area contributed by atoms with E-state index in [0.29, 0.717) is 0 Å². The maximum atomic E-state index is 5.83.